The molecule has 0 fully saturated rings. The third kappa shape index (κ3) is 4.03. The van der Waals surface area contributed by atoms with E-state index < -0.39 is 23.3 Å². The van der Waals surface area contributed by atoms with Crippen molar-refractivity contribution in [1.82, 2.24) is 10.3 Å². The second-order valence-corrected chi connectivity index (χ2v) is 5.35. The molecule has 4 N–H and O–H groups in total. The minimum atomic E-state index is -1.06. The highest BCUT2D eigenvalue weighted by Crippen LogP contribution is 2.20. The van der Waals surface area contributed by atoms with Crippen molar-refractivity contribution in [1.29, 1.82) is 0 Å². The standard InChI is InChI=1S/C13H19N3O3/c1-13(2,3)10(12(18)19)16-11(17)8-4-5-15-9(6-8)7-14/h4-6,10H,7,14H2,1-3H3,(H,16,17)(H,18,19)/t10-/m1/s1. The van der Waals surface area contributed by atoms with Gasteiger partial charge in [0.2, 0.25) is 0 Å². The Hall–Kier alpha value is -1.95. The molecule has 0 aromatic carbocycles. The molecule has 6 heteroatoms. The number of rotatable bonds is 4. The lowest BCUT2D eigenvalue weighted by Gasteiger charge is -2.27. The van der Waals surface area contributed by atoms with Crippen LogP contribution < -0.4 is 11.1 Å². The van der Waals surface area contributed by atoms with E-state index in [2.05, 4.69) is 10.3 Å². The topological polar surface area (TPSA) is 105 Å². The molecule has 1 heterocycles. The van der Waals surface area contributed by atoms with Gasteiger partial charge in [-0.15, -0.1) is 0 Å². The van der Waals surface area contributed by atoms with E-state index >= 15 is 0 Å². The van der Waals surface area contributed by atoms with E-state index in [0.29, 0.717) is 11.3 Å². The highest BCUT2D eigenvalue weighted by Gasteiger charge is 2.32. The fourth-order valence-electron chi connectivity index (χ4n) is 1.59. The summed E-state index contributed by atoms with van der Waals surface area (Å²) in [5.74, 6) is -1.51. The summed E-state index contributed by atoms with van der Waals surface area (Å²) in [7, 11) is 0. The summed E-state index contributed by atoms with van der Waals surface area (Å²) in [6.07, 6.45) is 1.48. The van der Waals surface area contributed by atoms with Gasteiger partial charge in [-0.3, -0.25) is 9.78 Å². The molecule has 0 aliphatic carbocycles. The highest BCUT2D eigenvalue weighted by atomic mass is 16.4. The third-order valence-corrected chi connectivity index (χ3v) is 2.68. The van der Waals surface area contributed by atoms with Crippen LogP contribution in [0.3, 0.4) is 0 Å². The van der Waals surface area contributed by atoms with E-state index in [1.807, 2.05) is 0 Å². The van der Waals surface area contributed by atoms with Crippen LogP contribution in [-0.2, 0) is 11.3 Å². The fourth-order valence-corrected chi connectivity index (χ4v) is 1.59. The molecular formula is C13H19N3O3. The minimum absolute atomic E-state index is 0.225. The Morgan fingerprint density at radius 2 is 2.11 bits per heavy atom. The van der Waals surface area contributed by atoms with Crippen molar-refractivity contribution < 1.29 is 14.7 Å². The van der Waals surface area contributed by atoms with Gasteiger partial charge in [-0.1, -0.05) is 20.8 Å². The summed E-state index contributed by atoms with van der Waals surface area (Å²) >= 11 is 0. The Labute approximate surface area is 112 Å². The van der Waals surface area contributed by atoms with Crippen LogP contribution in [0.4, 0.5) is 0 Å². The predicted molar refractivity (Wildman–Crippen MR) is 70.5 cm³/mol. The largest absolute Gasteiger partial charge is 0.480 e. The van der Waals surface area contributed by atoms with Crippen LogP contribution >= 0.6 is 0 Å². The zero-order chi connectivity index (χ0) is 14.6. The molecule has 0 saturated heterocycles. The molecule has 1 rings (SSSR count). The zero-order valence-electron chi connectivity index (χ0n) is 11.3. The van der Waals surface area contributed by atoms with Crippen molar-refractivity contribution in [3.8, 4) is 0 Å². The number of carbonyl (C=O) groups excluding carboxylic acids is 1. The normalized spacial score (nSPS) is 12.8. The summed E-state index contributed by atoms with van der Waals surface area (Å²) in [5.41, 5.74) is 5.80. The number of carboxylic acid groups (broad SMARTS) is 1. The van der Waals surface area contributed by atoms with Gasteiger partial charge in [-0.05, 0) is 17.5 Å². The lowest BCUT2D eigenvalue weighted by Crippen LogP contribution is -2.49. The number of aromatic nitrogens is 1. The van der Waals surface area contributed by atoms with Gasteiger partial charge in [0, 0.05) is 18.3 Å². The molecule has 104 valence electrons. The van der Waals surface area contributed by atoms with Gasteiger partial charge in [0.1, 0.15) is 6.04 Å². The first-order chi connectivity index (χ1) is 8.75. The van der Waals surface area contributed by atoms with Crippen LogP contribution in [-0.4, -0.2) is 28.0 Å². The summed E-state index contributed by atoms with van der Waals surface area (Å²) in [4.78, 5) is 27.2. The number of nitrogens with zero attached hydrogens (tertiary/aromatic N) is 1. The molecule has 0 spiro atoms. The quantitative estimate of drug-likeness (QED) is 0.745. The van der Waals surface area contributed by atoms with Gasteiger partial charge in [0.05, 0.1) is 5.69 Å². The van der Waals surface area contributed by atoms with Crippen LogP contribution in [0.1, 0.15) is 36.8 Å². The molecule has 0 aliphatic rings. The molecule has 0 unspecified atom stereocenters. The number of pyridine rings is 1. The maximum Gasteiger partial charge on any atom is 0.326 e. The van der Waals surface area contributed by atoms with E-state index in [9.17, 15) is 9.59 Å². The number of nitrogens with two attached hydrogens (primary N) is 1. The molecule has 1 atom stereocenters. The number of carboxylic acids is 1. The van der Waals surface area contributed by atoms with Crippen molar-refractivity contribution in [3.63, 3.8) is 0 Å². The van der Waals surface area contributed by atoms with E-state index in [0.717, 1.165) is 0 Å². The minimum Gasteiger partial charge on any atom is -0.480 e. The Kier molecular flexibility index (Phi) is 4.61. The molecule has 0 aliphatic heterocycles. The first-order valence-electron chi connectivity index (χ1n) is 5.94. The zero-order valence-corrected chi connectivity index (χ0v) is 11.3. The van der Waals surface area contributed by atoms with E-state index in [1.165, 1.54) is 12.3 Å². The van der Waals surface area contributed by atoms with Crippen molar-refractivity contribution >= 4 is 11.9 Å². The average Bonchev–Trinajstić information content (AvgIpc) is 2.33. The smallest absolute Gasteiger partial charge is 0.326 e. The fraction of sp³-hybridized carbons (Fsp3) is 0.462. The number of carbonyl (C=O) groups is 2. The predicted octanol–water partition coefficient (Wildman–Crippen LogP) is 0.769. The molecule has 0 saturated carbocycles. The highest BCUT2D eigenvalue weighted by molar-refractivity contribution is 5.96. The second-order valence-electron chi connectivity index (χ2n) is 5.35. The number of nitrogens with one attached hydrogen (secondary N) is 1. The van der Waals surface area contributed by atoms with Gasteiger partial charge in [0.25, 0.3) is 5.91 Å². The molecular weight excluding hydrogens is 246 g/mol. The van der Waals surface area contributed by atoms with Crippen LogP contribution in [0.5, 0.6) is 0 Å². The first-order valence-corrected chi connectivity index (χ1v) is 5.94. The maximum atomic E-state index is 12.0. The summed E-state index contributed by atoms with van der Waals surface area (Å²) < 4.78 is 0. The summed E-state index contributed by atoms with van der Waals surface area (Å²) in [5, 5.41) is 11.7. The van der Waals surface area contributed by atoms with E-state index in [-0.39, 0.29) is 6.54 Å². The van der Waals surface area contributed by atoms with E-state index in [4.69, 9.17) is 10.8 Å². The SMILES string of the molecule is CC(C)(C)[C@H](NC(=O)c1ccnc(CN)c1)C(=O)O. The molecule has 0 bridgehead atoms. The first kappa shape index (κ1) is 15.1. The summed E-state index contributed by atoms with van der Waals surface area (Å²) in [6.45, 7) is 5.49. The summed E-state index contributed by atoms with van der Waals surface area (Å²) in [6, 6.07) is 2.11. The second kappa shape index (κ2) is 5.79. The van der Waals surface area contributed by atoms with Gasteiger partial charge in [0.15, 0.2) is 0 Å². The Morgan fingerprint density at radius 3 is 2.58 bits per heavy atom. The lowest BCUT2D eigenvalue weighted by molar-refractivity contribution is -0.142. The van der Waals surface area contributed by atoms with Crippen LogP contribution in [0.2, 0.25) is 0 Å². The number of hydrogen-bond acceptors (Lipinski definition) is 4. The van der Waals surface area contributed by atoms with Crippen molar-refractivity contribution in [2.24, 2.45) is 11.1 Å². The van der Waals surface area contributed by atoms with Crippen molar-refractivity contribution in [2.75, 3.05) is 0 Å². The Bertz CT molecular complexity index is 480. The molecule has 1 aromatic heterocycles. The molecule has 19 heavy (non-hydrogen) atoms. The van der Waals surface area contributed by atoms with Crippen molar-refractivity contribution in [2.45, 2.75) is 33.4 Å². The average molecular weight is 265 g/mol. The van der Waals surface area contributed by atoms with Crippen LogP contribution in [0.15, 0.2) is 18.3 Å². The third-order valence-electron chi connectivity index (χ3n) is 2.68. The van der Waals surface area contributed by atoms with Gasteiger partial charge < -0.3 is 16.2 Å². The van der Waals surface area contributed by atoms with Gasteiger partial charge in [-0.25, -0.2) is 4.79 Å². The monoisotopic (exact) mass is 265 g/mol. The molecule has 0 radical (unpaired) electrons. The van der Waals surface area contributed by atoms with E-state index in [1.54, 1.807) is 26.8 Å². The van der Waals surface area contributed by atoms with Crippen LogP contribution in [0, 0.1) is 5.41 Å². The molecule has 1 aromatic rings. The van der Waals surface area contributed by atoms with Gasteiger partial charge in [-0.2, -0.15) is 0 Å². The molecule has 1 amide bonds. The molecule has 6 nitrogen and oxygen atoms in total. The number of aliphatic carboxylic acids is 1. The van der Waals surface area contributed by atoms with Crippen LogP contribution in [0.25, 0.3) is 0 Å². The van der Waals surface area contributed by atoms with Crippen molar-refractivity contribution in [3.05, 3.63) is 29.6 Å². The number of amides is 1. The van der Waals surface area contributed by atoms with Gasteiger partial charge >= 0.3 is 5.97 Å². The maximum absolute atomic E-state index is 12.0. The Balaban J connectivity index is 2.91. The Morgan fingerprint density at radius 1 is 1.47 bits per heavy atom. The lowest BCUT2D eigenvalue weighted by atomic mass is 9.86. The number of hydrogen-bond donors (Lipinski definition) is 3.